The molecule has 0 amide bonds. The molecule has 0 atom stereocenters. The van der Waals surface area contributed by atoms with Gasteiger partial charge in [-0.15, -0.1) is 0 Å². The lowest BCUT2D eigenvalue weighted by atomic mass is 10.2. The Morgan fingerprint density at radius 2 is 2.36 bits per heavy atom. The van der Waals surface area contributed by atoms with Crippen LogP contribution < -0.4 is 0 Å². The number of halogens is 2. The van der Waals surface area contributed by atoms with Crippen LogP contribution in [0.25, 0.3) is 16.5 Å². The van der Waals surface area contributed by atoms with Crippen LogP contribution in [0, 0.1) is 5.82 Å². The van der Waals surface area contributed by atoms with Crippen molar-refractivity contribution >= 4 is 22.0 Å². The largest absolute Gasteiger partial charge is 0.206 e. The van der Waals surface area contributed by atoms with E-state index in [1.165, 1.54) is 6.07 Å². The number of hydrogen-bond donors (Lipinski definition) is 0. The molecule has 0 aliphatic heterocycles. The lowest BCUT2D eigenvalue weighted by molar-refractivity contribution is 0.624. The number of nitrogens with zero attached hydrogens (tertiary/aromatic N) is 3. The number of rotatable bonds is 3. The van der Waals surface area contributed by atoms with Gasteiger partial charge in [0.15, 0.2) is 0 Å². The van der Waals surface area contributed by atoms with E-state index in [1.54, 1.807) is 24.3 Å². The first-order valence-electron chi connectivity index (χ1n) is 3.86. The average molecular weight is 256 g/mol. The van der Waals surface area contributed by atoms with Gasteiger partial charge in [-0.3, -0.25) is 0 Å². The molecule has 0 N–H and O–H groups in total. The molecule has 0 heterocycles. The minimum Gasteiger partial charge on any atom is -0.206 e. The molecular weight excluding hydrogens is 249 g/mol. The van der Waals surface area contributed by atoms with Crippen LogP contribution in [0.2, 0.25) is 0 Å². The average Bonchev–Trinajstić information content (AvgIpc) is 2.18. The summed E-state index contributed by atoms with van der Waals surface area (Å²) < 4.78 is 13.9. The van der Waals surface area contributed by atoms with E-state index in [-0.39, 0.29) is 12.4 Å². The second-order valence-corrected chi connectivity index (χ2v) is 3.40. The van der Waals surface area contributed by atoms with Crippen LogP contribution in [0.4, 0.5) is 4.39 Å². The van der Waals surface area contributed by atoms with E-state index in [4.69, 9.17) is 5.53 Å². The van der Waals surface area contributed by atoms with Crippen LogP contribution in [-0.2, 0) is 0 Å². The third kappa shape index (κ3) is 3.20. The Morgan fingerprint density at radius 1 is 1.57 bits per heavy atom. The molecule has 0 aromatic heterocycles. The second-order valence-electron chi connectivity index (χ2n) is 2.48. The number of hydrogen-bond acceptors (Lipinski definition) is 1. The van der Waals surface area contributed by atoms with Crippen LogP contribution in [-0.4, -0.2) is 6.54 Å². The summed E-state index contributed by atoms with van der Waals surface area (Å²) in [5, 5.41) is 3.30. The summed E-state index contributed by atoms with van der Waals surface area (Å²) in [5.74, 6) is -0.301. The molecule has 0 bridgehead atoms. The number of azide groups is 1. The fraction of sp³-hybridized carbons (Fsp3) is 0.111. The van der Waals surface area contributed by atoms with Crippen LogP contribution in [0.1, 0.15) is 5.56 Å². The first-order valence-corrected chi connectivity index (χ1v) is 4.66. The highest BCUT2D eigenvalue weighted by molar-refractivity contribution is 9.10. The van der Waals surface area contributed by atoms with Crippen LogP contribution in [0.3, 0.4) is 0 Å². The van der Waals surface area contributed by atoms with Gasteiger partial charge in [0.1, 0.15) is 5.82 Å². The van der Waals surface area contributed by atoms with Crippen molar-refractivity contribution in [3.8, 4) is 0 Å². The second kappa shape index (κ2) is 5.42. The number of benzene rings is 1. The van der Waals surface area contributed by atoms with Gasteiger partial charge in [0.05, 0.1) is 0 Å². The predicted octanol–water partition coefficient (Wildman–Crippen LogP) is 3.91. The smallest absolute Gasteiger partial charge is 0.130 e. The molecule has 0 aliphatic rings. The topological polar surface area (TPSA) is 48.8 Å². The quantitative estimate of drug-likeness (QED) is 0.447. The highest BCUT2D eigenvalue weighted by Gasteiger charge is 1.97. The maximum absolute atomic E-state index is 13.1. The molecule has 5 heteroatoms. The first kappa shape index (κ1) is 10.8. The van der Waals surface area contributed by atoms with Crippen molar-refractivity contribution in [2.45, 2.75) is 0 Å². The molecule has 0 unspecified atom stereocenters. The van der Waals surface area contributed by atoms with Gasteiger partial charge in [0.2, 0.25) is 0 Å². The van der Waals surface area contributed by atoms with Crippen LogP contribution in [0.15, 0.2) is 33.9 Å². The van der Waals surface area contributed by atoms with Gasteiger partial charge >= 0.3 is 0 Å². The first-order chi connectivity index (χ1) is 6.74. The van der Waals surface area contributed by atoms with Crippen molar-refractivity contribution in [2.24, 2.45) is 5.11 Å². The Hall–Kier alpha value is -1.32. The van der Waals surface area contributed by atoms with E-state index in [0.717, 1.165) is 4.47 Å². The Kier molecular flexibility index (Phi) is 4.16. The molecule has 72 valence electrons. The lowest BCUT2D eigenvalue weighted by Gasteiger charge is -1.96. The van der Waals surface area contributed by atoms with Crippen molar-refractivity contribution in [1.29, 1.82) is 0 Å². The minimum absolute atomic E-state index is 0.225. The van der Waals surface area contributed by atoms with Gasteiger partial charge in [0, 0.05) is 21.5 Å². The lowest BCUT2D eigenvalue weighted by Crippen LogP contribution is -1.81. The Morgan fingerprint density at radius 3 is 3.07 bits per heavy atom. The fourth-order valence-corrected chi connectivity index (χ4v) is 1.28. The van der Waals surface area contributed by atoms with Crippen molar-refractivity contribution in [1.82, 2.24) is 0 Å². The van der Waals surface area contributed by atoms with Gasteiger partial charge in [-0.2, -0.15) is 0 Å². The maximum Gasteiger partial charge on any atom is 0.130 e. The molecule has 0 aliphatic carbocycles. The standard InChI is InChI=1S/C9H7BrFN3/c10-8-3-4-9(11)7(6-8)2-1-5-13-14-12/h1-4,6H,5H2. The Labute approximate surface area is 89.0 Å². The van der Waals surface area contributed by atoms with E-state index >= 15 is 0 Å². The van der Waals surface area contributed by atoms with Gasteiger partial charge in [-0.1, -0.05) is 33.2 Å². The van der Waals surface area contributed by atoms with Gasteiger partial charge < -0.3 is 0 Å². The van der Waals surface area contributed by atoms with E-state index in [0.29, 0.717) is 5.56 Å². The summed E-state index contributed by atoms with van der Waals surface area (Å²) in [6.07, 6.45) is 3.18. The maximum atomic E-state index is 13.1. The summed E-state index contributed by atoms with van der Waals surface area (Å²) in [7, 11) is 0. The summed E-state index contributed by atoms with van der Waals surface area (Å²) in [6.45, 7) is 0.225. The third-order valence-electron chi connectivity index (χ3n) is 1.51. The zero-order valence-electron chi connectivity index (χ0n) is 7.19. The fourth-order valence-electron chi connectivity index (χ4n) is 0.906. The molecule has 0 spiro atoms. The third-order valence-corrected chi connectivity index (χ3v) is 2.00. The highest BCUT2D eigenvalue weighted by atomic mass is 79.9. The summed E-state index contributed by atoms with van der Waals surface area (Å²) in [6, 6.07) is 4.65. The predicted molar refractivity (Wildman–Crippen MR) is 57.1 cm³/mol. The molecule has 1 aromatic rings. The van der Waals surface area contributed by atoms with Crippen molar-refractivity contribution in [2.75, 3.05) is 6.54 Å². The van der Waals surface area contributed by atoms with Gasteiger partial charge in [-0.25, -0.2) is 4.39 Å². The molecule has 0 fully saturated rings. The van der Waals surface area contributed by atoms with E-state index < -0.39 is 0 Å². The minimum atomic E-state index is -0.301. The molecule has 3 nitrogen and oxygen atoms in total. The van der Waals surface area contributed by atoms with E-state index in [9.17, 15) is 4.39 Å². The van der Waals surface area contributed by atoms with Crippen molar-refractivity contribution in [3.63, 3.8) is 0 Å². The monoisotopic (exact) mass is 255 g/mol. The van der Waals surface area contributed by atoms with Crippen LogP contribution in [0.5, 0.6) is 0 Å². The molecule has 0 saturated carbocycles. The Bertz CT molecular complexity index is 397. The summed E-state index contributed by atoms with van der Waals surface area (Å²) >= 11 is 3.24. The van der Waals surface area contributed by atoms with Crippen molar-refractivity contribution in [3.05, 3.63) is 50.6 Å². The Balaban J connectivity index is 2.79. The highest BCUT2D eigenvalue weighted by Crippen LogP contribution is 2.16. The molecule has 1 rings (SSSR count). The van der Waals surface area contributed by atoms with Gasteiger partial charge in [0.25, 0.3) is 0 Å². The van der Waals surface area contributed by atoms with Crippen molar-refractivity contribution < 1.29 is 4.39 Å². The zero-order valence-corrected chi connectivity index (χ0v) is 8.78. The molecule has 0 radical (unpaired) electrons. The molecule has 14 heavy (non-hydrogen) atoms. The van der Waals surface area contributed by atoms with Crippen LogP contribution >= 0.6 is 15.9 Å². The molecular formula is C9H7BrFN3. The summed E-state index contributed by atoms with van der Waals surface area (Å²) in [5.41, 5.74) is 8.47. The van der Waals surface area contributed by atoms with E-state index in [1.807, 2.05) is 0 Å². The zero-order chi connectivity index (χ0) is 10.4. The SMILES string of the molecule is [N-]=[N+]=NCC=Cc1cc(Br)ccc1F. The molecule has 0 saturated heterocycles. The summed E-state index contributed by atoms with van der Waals surface area (Å²) in [4.78, 5) is 2.58. The molecule has 1 aromatic carbocycles. The normalized spacial score (nSPS) is 10.1. The van der Waals surface area contributed by atoms with E-state index in [2.05, 4.69) is 26.0 Å². The van der Waals surface area contributed by atoms with Gasteiger partial charge in [-0.05, 0) is 23.7 Å².